The van der Waals surface area contributed by atoms with E-state index in [9.17, 15) is 4.79 Å². The van der Waals surface area contributed by atoms with E-state index < -0.39 is 0 Å². The maximum Gasteiger partial charge on any atom is 0.232 e. The Morgan fingerprint density at radius 1 is 1.39 bits per heavy atom. The predicted octanol–water partition coefficient (Wildman–Crippen LogP) is 2.55. The molecule has 3 nitrogen and oxygen atoms in total. The second kappa shape index (κ2) is 5.33. The van der Waals surface area contributed by atoms with Gasteiger partial charge in [-0.3, -0.25) is 4.79 Å². The van der Waals surface area contributed by atoms with E-state index in [1.54, 1.807) is 0 Å². The van der Waals surface area contributed by atoms with Gasteiger partial charge in [0.2, 0.25) is 5.91 Å². The highest BCUT2D eigenvalue weighted by molar-refractivity contribution is 7.99. The fourth-order valence-electron chi connectivity index (χ4n) is 2.55. The van der Waals surface area contributed by atoms with Crippen LogP contribution in [0.5, 0.6) is 0 Å². The molecule has 1 aromatic carbocycles. The molecule has 0 aromatic heterocycles. The van der Waals surface area contributed by atoms with Gasteiger partial charge in [0.05, 0.1) is 18.2 Å². The summed E-state index contributed by atoms with van der Waals surface area (Å²) in [6, 6.07) is 8.17. The molecule has 2 heterocycles. The number of hydrogen-bond donors (Lipinski definition) is 0. The SMILES string of the molecule is O=C(C1CCCOC1)N1CCSc2ccccc21. The standard InChI is InChI=1S/C14H17NO2S/c16-14(11-4-3-8-17-10-11)15-7-9-18-13-6-2-1-5-12(13)15/h1-2,5-6,11H,3-4,7-10H2. The molecular formula is C14H17NO2S. The Morgan fingerprint density at radius 2 is 2.28 bits per heavy atom. The molecule has 1 fully saturated rings. The minimum atomic E-state index is 0.0508. The smallest absolute Gasteiger partial charge is 0.232 e. The Labute approximate surface area is 111 Å². The average Bonchev–Trinajstić information content (AvgIpc) is 2.47. The lowest BCUT2D eigenvalue weighted by Gasteiger charge is -2.33. The zero-order chi connectivity index (χ0) is 12.4. The Bertz CT molecular complexity index is 443. The first-order valence-corrected chi connectivity index (χ1v) is 7.46. The van der Waals surface area contributed by atoms with E-state index in [4.69, 9.17) is 4.74 Å². The molecule has 0 bridgehead atoms. The van der Waals surface area contributed by atoms with Gasteiger partial charge in [0.15, 0.2) is 0 Å². The Morgan fingerprint density at radius 3 is 3.11 bits per heavy atom. The van der Waals surface area contributed by atoms with Crippen LogP contribution in [0.15, 0.2) is 29.2 Å². The van der Waals surface area contributed by atoms with Crippen molar-refractivity contribution < 1.29 is 9.53 Å². The lowest BCUT2D eigenvalue weighted by Crippen LogP contribution is -2.42. The fourth-order valence-corrected chi connectivity index (χ4v) is 3.55. The number of para-hydroxylation sites is 1. The highest BCUT2D eigenvalue weighted by atomic mass is 32.2. The number of hydrogen-bond acceptors (Lipinski definition) is 3. The van der Waals surface area contributed by atoms with Crippen LogP contribution in [0.2, 0.25) is 0 Å². The Kier molecular flexibility index (Phi) is 3.57. The van der Waals surface area contributed by atoms with Crippen LogP contribution in [0, 0.1) is 5.92 Å². The number of ether oxygens (including phenoxy) is 1. The van der Waals surface area contributed by atoms with Crippen molar-refractivity contribution in [2.75, 3.05) is 30.4 Å². The fraction of sp³-hybridized carbons (Fsp3) is 0.500. The minimum Gasteiger partial charge on any atom is -0.381 e. The Hall–Kier alpha value is -1.00. The molecule has 2 aliphatic rings. The average molecular weight is 263 g/mol. The number of anilines is 1. The van der Waals surface area contributed by atoms with E-state index in [1.165, 1.54) is 4.90 Å². The molecule has 0 spiro atoms. The van der Waals surface area contributed by atoms with Crippen molar-refractivity contribution in [3.63, 3.8) is 0 Å². The van der Waals surface area contributed by atoms with E-state index in [2.05, 4.69) is 6.07 Å². The Balaban J connectivity index is 1.82. The van der Waals surface area contributed by atoms with Crippen LogP contribution in [-0.4, -0.2) is 31.4 Å². The molecule has 1 aromatic rings. The van der Waals surface area contributed by atoms with Gasteiger partial charge in [-0.05, 0) is 25.0 Å². The lowest BCUT2D eigenvalue weighted by atomic mass is 10.0. The van der Waals surface area contributed by atoms with Crippen LogP contribution in [0.3, 0.4) is 0 Å². The molecule has 0 radical (unpaired) electrons. The molecule has 4 heteroatoms. The summed E-state index contributed by atoms with van der Waals surface area (Å²) in [6.07, 6.45) is 1.96. The molecule has 96 valence electrons. The zero-order valence-corrected chi connectivity index (χ0v) is 11.1. The first-order chi connectivity index (χ1) is 8.86. The third kappa shape index (κ3) is 2.27. The van der Waals surface area contributed by atoms with Gasteiger partial charge >= 0.3 is 0 Å². The lowest BCUT2D eigenvalue weighted by molar-refractivity contribution is -0.126. The van der Waals surface area contributed by atoms with Gasteiger partial charge in [-0.2, -0.15) is 0 Å². The summed E-state index contributed by atoms with van der Waals surface area (Å²) >= 11 is 1.83. The maximum atomic E-state index is 12.6. The first kappa shape index (κ1) is 12.1. The normalized spacial score (nSPS) is 23.6. The number of thioether (sulfide) groups is 1. The number of carbonyl (C=O) groups excluding carboxylic acids is 1. The summed E-state index contributed by atoms with van der Waals surface area (Å²) in [5.41, 5.74) is 1.07. The van der Waals surface area contributed by atoms with Crippen molar-refractivity contribution in [1.82, 2.24) is 0 Å². The summed E-state index contributed by atoms with van der Waals surface area (Å²) in [4.78, 5) is 15.7. The largest absolute Gasteiger partial charge is 0.381 e. The summed E-state index contributed by atoms with van der Waals surface area (Å²) < 4.78 is 5.43. The van der Waals surface area contributed by atoms with Crippen molar-refractivity contribution in [3.8, 4) is 0 Å². The minimum absolute atomic E-state index is 0.0508. The molecule has 0 N–H and O–H groups in total. The number of amides is 1. The zero-order valence-electron chi connectivity index (χ0n) is 10.3. The van der Waals surface area contributed by atoms with E-state index >= 15 is 0 Å². The van der Waals surface area contributed by atoms with Crippen molar-refractivity contribution in [3.05, 3.63) is 24.3 Å². The summed E-state index contributed by atoms with van der Waals surface area (Å²) in [7, 11) is 0. The number of benzene rings is 1. The van der Waals surface area contributed by atoms with Gasteiger partial charge in [0.1, 0.15) is 0 Å². The van der Waals surface area contributed by atoms with E-state index in [-0.39, 0.29) is 11.8 Å². The predicted molar refractivity (Wildman–Crippen MR) is 73.1 cm³/mol. The van der Waals surface area contributed by atoms with Gasteiger partial charge in [0, 0.05) is 23.8 Å². The summed E-state index contributed by atoms with van der Waals surface area (Å²) in [6.45, 7) is 2.21. The van der Waals surface area contributed by atoms with Crippen LogP contribution < -0.4 is 4.90 Å². The topological polar surface area (TPSA) is 29.5 Å². The maximum absolute atomic E-state index is 12.6. The number of carbonyl (C=O) groups is 1. The van der Waals surface area contributed by atoms with Gasteiger partial charge in [-0.1, -0.05) is 12.1 Å². The first-order valence-electron chi connectivity index (χ1n) is 6.47. The second-order valence-corrected chi connectivity index (χ2v) is 5.86. The van der Waals surface area contributed by atoms with Gasteiger partial charge in [0.25, 0.3) is 0 Å². The molecular weight excluding hydrogens is 246 g/mol. The molecule has 1 atom stereocenters. The molecule has 18 heavy (non-hydrogen) atoms. The van der Waals surface area contributed by atoms with Crippen LogP contribution in [0.25, 0.3) is 0 Å². The van der Waals surface area contributed by atoms with Crippen LogP contribution in [0.1, 0.15) is 12.8 Å². The molecule has 3 rings (SSSR count). The van der Waals surface area contributed by atoms with Gasteiger partial charge in [-0.25, -0.2) is 0 Å². The highest BCUT2D eigenvalue weighted by Gasteiger charge is 2.30. The molecule has 0 aliphatic carbocycles. The second-order valence-electron chi connectivity index (χ2n) is 4.72. The molecule has 0 saturated carbocycles. The van der Waals surface area contributed by atoms with Gasteiger partial charge in [-0.15, -0.1) is 11.8 Å². The number of rotatable bonds is 1. The van der Waals surface area contributed by atoms with Crippen LogP contribution in [-0.2, 0) is 9.53 Å². The summed E-state index contributed by atoms with van der Waals surface area (Å²) in [5.74, 6) is 1.27. The number of nitrogens with zero attached hydrogens (tertiary/aromatic N) is 1. The van der Waals surface area contributed by atoms with Crippen LogP contribution >= 0.6 is 11.8 Å². The molecule has 2 aliphatic heterocycles. The van der Waals surface area contributed by atoms with Crippen LogP contribution in [0.4, 0.5) is 5.69 Å². The monoisotopic (exact) mass is 263 g/mol. The molecule has 1 unspecified atom stereocenters. The van der Waals surface area contributed by atoms with Crippen molar-refractivity contribution in [1.29, 1.82) is 0 Å². The third-order valence-corrected chi connectivity index (χ3v) is 4.55. The number of fused-ring (bicyclic) bond motifs is 1. The summed E-state index contributed by atoms with van der Waals surface area (Å²) in [5, 5.41) is 0. The van der Waals surface area contributed by atoms with Crippen molar-refractivity contribution >= 4 is 23.4 Å². The van der Waals surface area contributed by atoms with Gasteiger partial charge < -0.3 is 9.64 Å². The van der Waals surface area contributed by atoms with E-state index in [1.807, 2.05) is 34.9 Å². The third-order valence-electron chi connectivity index (χ3n) is 3.50. The quantitative estimate of drug-likeness (QED) is 0.780. The highest BCUT2D eigenvalue weighted by Crippen LogP contribution is 2.35. The van der Waals surface area contributed by atoms with E-state index in [0.717, 1.165) is 37.4 Å². The molecule has 1 saturated heterocycles. The van der Waals surface area contributed by atoms with Crippen molar-refractivity contribution in [2.24, 2.45) is 5.92 Å². The van der Waals surface area contributed by atoms with Crippen molar-refractivity contribution in [2.45, 2.75) is 17.7 Å². The molecule has 1 amide bonds. The van der Waals surface area contributed by atoms with E-state index in [0.29, 0.717) is 6.61 Å².